The lowest BCUT2D eigenvalue weighted by Gasteiger charge is -2.16. The Bertz CT molecular complexity index is 1230. The van der Waals surface area contributed by atoms with Crippen molar-refractivity contribution in [3.05, 3.63) is 24.5 Å². The molecule has 0 bridgehead atoms. The number of benzene rings is 1. The first kappa shape index (κ1) is 22.6. The van der Waals surface area contributed by atoms with Gasteiger partial charge in [0.1, 0.15) is 11.5 Å². The molecule has 1 fully saturated rings. The number of nitrogens with two attached hydrogens (primary N) is 1. The van der Waals surface area contributed by atoms with Gasteiger partial charge < -0.3 is 20.2 Å². The lowest BCUT2D eigenvalue weighted by atomic mass is 10.1. The molecule has 0 saturated heterocycles. The molecule has 12 heteroatoms. The number of imidazole rings is 1. The van der Waals surface area contributed by atoms with Crippen LogP contribution in [-0.2, 0) is 16.6 Å². The number of nitrogens with one attached hydrogen (secondary N) is 2. The molecule has 3 aromatic rings. The Labute approximate surface area is 191 Å². The fourth-order valence-corrected chi connectivity index (χ4v) is 5.38. The SMILES string of the molecule is COc1ccc(OC)c(Sc2nc3c([nH]2)c(N)nc[n+]3CCC(NS(C)(=O)=O)C2CC2)c1. The maximum atomic E-state index is 11.7. The fraction of sp³-hybridized carbons (Fsp3) is 0.450. The van der Waals surface area contributed by atoms with Gasteiger partial charge in [-0.05, 0) is 55.1 Å². The first-order valence-corrected chi connectivity index (χ1v) is 12.9. The number of H-pyrrole nitrogens is 1. The third-order valence-corrected chi connectivity index (χ3v) is 7.00. The lowest BCUT2D eigenvalue weighted by molar-refractivity contribution is -0.676. The van der Waals surface area contributed by atoms with Crippen molar-refractivity contribution in [3.8, 4) is 11.5 Å². The Hall–Kier alpha value is -2.57. The predicted molar refractivity (Wildman–Crippen MR) is 121 cm³/mol. The van der Waals surface area contributed by atoms with E-state index in [1.807, 2.05) is 22.8 Å². The van der Waals surface area contributed by atoms with Crippen LogP contribution in [0.15, 0.2) is 34.6 Å². The highest BCUT2D eigenvalue weighted by Crippen LogP contribution is 2.37. The van der Waals surface area contributed by atoms with Crippen LogP contribution in [0.1, 0.15) is 19.3 Å². The van der Waals surface area contributed by atoms with Crippen LogP contribution < -0.4 is 24.5 Å². The summed E-state index contributed by atoms with van der Waals surface area (Å²) in [5.74, 6) is 2.15. The van der Waals surface area contributed by atoms with Crippen molar-refractivity contribution in [1.29, 1.82) is 0 Å². The molecule has 0 aliphatic heterocycles. The molecule has 1 aromatic carbocycles. The van der Waals surface area contributed by atoms with Gasteiger partial charge in [0, 0.05) is 6.04 Å². The number of aryl methyl sites for hydroxylation is 1. The highest BCUT2D eigenvalue weighted by Gasteiger charge is 2.33. The molecule has 32 heavy (non-hydrogen) atoms. The molecule has 1 saturated carbocycles. The summed E-state index contributed by atoms with van der Waals surface area (Å²) in [7, 11) is -0.0433. The minimum absolute atomic E-state index is 0.0982. The van der Waals surface area contributed by atoms with E-state index in [9.17, 15) is 8.42 Å². The second-order valence-electron chi connectivity index (χ2n) is 7.81. The van der Waals surface area contributed by atoms with E-state index in [4.69, 9.17) is 20.2 Å². The Morgan fingerprint density at radius 1 is 1.34 bits per heavy atom. The van der Waals surface area contributed by atoms with Gasteiger partial charge in [-0.25, -0.2) is 17.7 Å². The Kier molecular flexibility index (Phi) is 6.45. The summed E-state index contributed by atoms with van der Waals surface area (Å²) in [6.45, 7) is 0.560. The number of aromatic amines is 1. The summed E-state index contributed by atoms with van der Waals surface area (Å²) in [6.07, 6.45) is 5.56. The number of hydrogen-bond acceptors (Lipinski definition) is 8. The van der Waals surface area contributed by atoms with Gasteiger partial charge in [-0.15, -0.1) is 0 Å². The van der Waals surface area contributed by atoms with Gasteiger partial charge >= 0.3 is 0 Å². The van der Waals surface area contributed by atoms with E-state index < -0.39 is 10.0 Å². The molecular weight excluding hydrogens is 452 g/mol. The molecule has 1 atom stereocenters. The fourth-order valence-electron chi connectivity index (χ4n) is 3.60. The van der Waals surface area contributed by atoms with E-state index in [1.54, 1.807) is 20.5 Å². The number of anilines is 1. The van der Waals surface area contributed by atoms with E-state index in [1.165, 1.54) is 18.0 Å². The molecule has 2 heterocycles. The molecule has 1 aliphatic rings. The van der Waals surface area contributed by atoms with Crippen molar-refractivity contribution in [2.75, 3.05) is 26.2 Å². The molecule has 0 spiro atoms. The number of nitrogens with zero attached hydrogens (tertiary/aromatic N) is 3. The minimum atomic E-state index is -3.27. The average molecular weight is 480 g/mol. The number of ether oxygens (including phenoxy) is 2. The summed E-state index contributed by atoms with van der Waals surface area (Å²) >= 11 is 1.40. The molecule has 10 nitrogen and oxygen atoms in total. The molecule has 4 rings (SSSR count). The van der Waals surface area contributed by atoms with E-state index in [-0.39, 0.29) is 6.04 Å². The topological polar surface area (TPSA) is 136 Å². The van der Waals surface area contributed by atoms with E-state index in [2.05, 4.69) is 14.7 Å². The van der Waals surface area contributed by atoms with Crippen molar-refractivity contribution >= 4 is 38.8 Å². The van der Waals surface area contributed by atoms with Crippen LogP contribution >= 0.6 is 11.8 Å². The van der Waals surface area contributed by atoms with Crippen LogP contribution in [0.25, 0.3) is 11.2 Å². The predicted octanol–water partition coefficient (Wildman–Crippen LogP) is 1.71. The molecule has 0 radical (unpaired) electrons. The van der Waals surface area contributed by atoms with Gasteiger partial charge in [0.05, 0.1) is 31.9 Å². The maximum absolute atomic E-state index is 11.7. The van der Waals surface area contributed by atoms with Crippen LogP contribution in [0.4, 0.5) is 5.82 Å². The van der Waals surface area contributed by atoms with Crippen molar-refractivity contribution in [2.24, 2.45) is 5.92 Å². The van der Waals surface area contributed by atoms with Gasteiger partial charge in [0.15, 0.2) is 5.52 Å². The molecule has 2 aromatic heterocycles. The van der Waals surface area contributed by atoms with Crippen molar-refractivity contribution in [3.63, 3.8) is 0 Å². The molecule has 172 valence electrons. The summed E-state index contributed by atoms with van der Waals surface area (Å²) in [5, 5.41) is 0.632. The van der Waals surface area contributed by atoms with Gasteiger partial charge in [0.25, 0.3) is 5.65 Å². The van der Waals surface area contributed by atoms with Crippen LogP contribution in [0.3, 0.4) is 0 Å². The Morgan fingerprint density at radius 2 is 2.12 bits per heavy atom. The maximum Gasteiger partial charge on any atom is 0.294 e. The number of methoxy groups -OCH3 is 2. The molecule has 0 amide bonds. The average Bonchev–Trinajstić information content (AvgIpc) is 3.51. The van der Waals surface area contributed by atoms with E-state index in [0.29, 0.717) is 52.5 Å². The molecule has 1 unspecified atom stereocenters. The number of hydrogen-bond donors (Lipinski definition) is 3. The molecular formula is C20H27N6O4S2+. The Morgan fingerprint density at radius 3 is 2.78 bits per heavy atom. The normalized spacial score (nSPS) is 15.1. The van der Waals surface area contributed by atoms with Crippen LogP contribution in [-0.4, -0.2) is 49.9 Å². The summed E-state index contributed by atoms with van der Waals surface area (Å²) in [6, 6.07) is 5.45. The second-order valence-corrected chi connectivity index (χ2v) is 10.6. The molecule has 1 aliphatic carbocycles. The van der Waals surface area contributed by atoms with Crippen molar-refractivity contribution in [1.82, 2.24) is 19.7 Å². The number of nitrogen functional groups attached to an aromatic ring is 1. The van der Waals surface area contributed by atoms with Gasteiger partial charge in [0.2, 0.25) is 27.3 Å². The third-order valence-electron chi connectivity index (χ3n) is 5.34. The number of rotatable bonds is 10. The van der Waals surface area contributed by atoms with E-state index in [0.717, 1.165) is 17.7 Å². The number of fused-ring (bicyclic) bond motifs is 1. The van der Waals surface area contributed by atoms with Gasteiger partial charge in [-0.1, -0.05) is 9.97 Å². The van der Waals surface area contributed by atoms with Crippen molar-refractivity contribution < 1.29 is 22.5 Å². The first-order valence-electron chi connectivity index (χ1n) is 10.2. The number of aromatic nitrogens is 4. The summed E-state index contributed by atoms with van der Waals surface area (Å²) in [4.78, 5) is 13.1. The highest BCUT2D eigenvalue weighted by atomic mass is 32.2. The summed E-state index contributed by atoms with van der Waals surface area (Å²) < 4.78 is 38.9. The van der Waals surface area contributed by atoms with E-state index >= 15 is 0 Å². The quantitative estimate of drug-likeness (QED) is 0.374. The summed E-state index contributed by atoms with van der Waals surface area (Å²) in [5.41, 5.74) is 7.39. The standard InChI is InChI=1S/C20H26N6O4S2/c1-29-13-6-7-15(30-2)16(10-13)31-20-23-17-18(21)22-11-26(19(17)24-20)9-8-14(12-4-5-12)25-32(3,27)28/h6-7,10-12,14,25H,4-5,8-9H2,1-3H3,(H2,21,23,24)/p+1. The van der Waals surface area contributed by atoms with Gasteiger partial charge in [-0.3, -0.25) is 0 Å². The smallest absolute Gasteiger partial charge is 0.294 e. The van der Waals surface area contributed by atoms with Crippen LogP contribution in [0, 0.1) is 5.92 Å². The number of sulfonamides is 1. The monoisotopic (exact) mass is 479 g/mol. The van der Waals surface area contributed by atoms with Crippen LogP contribution in [0.2, 0.25) is 0 Å². The highest BCUT2D eigenvalue weighted by molar-refractivity contribution is 7.99. The largest absolute Gasteiger partial charge is 0.497 e. The minimum Gasteiger partial charge on any atom is -0.497 e. The zero-order valence-electron chi connectivity index (χ0n) is 18.2. The zero-order valence-corrected chi connectivity index (χ0v) is 19.8. The lowest BCUT2D eigenvalue weighted by Crippen LogP contribution is -2.42. The third kappa shape index (κ3) is 5.25. The van der Waals surface area contributed by atoms with Gasteiger partial charge in [-0.2, -0.15) is 0 Å². The second kappa shape index (κ2) is 9.12. The van der Waals surface area contributed by atoms with Crippen LogP contribution in [0.5, 0.6) is 11.5 Å². The van der Waals surface area contributed by atoms with Crippen molar-refractivity contribution in [2.45, 2.75) is 41.9 Å². The Balaban J connectivity index is 1.59. The zero-order chi connectivity index (χ0) is 22.9. The molecule has 4 N–H and O–H groups in total. The first-order chi connectivity index (χ1) is 15.3.